The van der Waals surface area contributed by atoms with E-state index < -0.39 is 6.10 Å². The van der Waals surface area contributed by atoms with Gasteiger partial charge in [-0.1, -0.05) is 49.7 Å². The number of hydrogen-bond donors (Lipinski definition) is 1. The van der Waals surface area contributed by atoms with E-state index in [0.717, 1.165) is 22.2 Å². The molecule has 0 spiro atoms. The molecule has 0 aromatic heterocycles. The molecule has 0 saturated heterocycles. The maximum Gasteiger partial charge on any atom is 0.120 e. The van der Waals surface area contributed by atoms with Gasteiger partial charge in [-0.3, -0.25) is 0 Å². The van der Waals surface area contributed by atoms with Crippen molar-refractivity contribution < 1.29 is 9.84 Å². The first-order valence-corrected chi connectivity index (χ1v) is 7.65. The standard InChI is InChI=1S/C16H25BrO2/c1-6-19-12-7-8-13(14(17)10-12)15(18)9-11(2)16(3,4)5/h7-8,10-11,15,18H,6,9H2,1-5H3. The smallest absolute Gasteiger partial charge is 0.120 e. The lowest BCUT2D eigenvalue weighted by molar-refractivity contribution is 0.110. The molecule has 0 radical (unpaired) electrons. The Labute approximate surface area is 125 Å². The molecule has 0 bridgehead atoms. The summed E-state index contributed by atoms with van der Waals surface area (Å²) in [5.41, 5.74) is 1.14. The third-order valence-electron chi connectivity index (χ3n) is 3.70. The first-order valence-electron chi connectivity index (χ1n) is 6.86. The molecule has 1 aromatic carbocycles. The molecular formula is C16H25BrO2. The van der Waals surface area contributed by atoms with E-state index in [2.05, 4.69) is 43.6 Å². The average molecular weight is 329 g/mol. The quantitative estimate of drug-likeness (QED) is 0.828. The van der Waals surface area contributed by atoms with Crippen molar-refractivity contribution in [3.8, 4) is 5.75 Å². The van der Waals surface area contributed by atoms with Crippen molar-refractivity contribution in [3.63, 3.8) is 0 Å². The van der Waals surface area contributed by atoms with Gasteiger partial charge >= 0.3 is 0 Å². The normalized spacial score (nSPS) is 15.1. The summed E-state index contributed by atoms with van der Waals surface area (Å²) in [6.45, 7) is 11.4. The van der Waals surface area contributed by atoms with E-state index in [9.17, 15) is 5.11 Å². The minimum absolute atomic E-state index is 0.207. The predicted molar refractivity (Wildman–Crippen MR) is 83.5 cm³/mol. The van der Waals surface area contributed by atoms with Crippen molar-refractivity contribution in [2.45, 2.75) is 47.1 Å². The van der Waals surface area contributed by atoms with Crippen molar-refractivity contribution in [1.29, 1.82) is 0 Å². The Hall–Kier alpha value is -0.540. The highest BCUT2D eigenvalue weighted by Gasteiger charge is 2.24. The maximum atomic E-state index is 10.4. The summed E-state index contributed by atoms with van der Waals surface area (Å²) in [4.78, 5) is 0. The van der Waals surface area contributed by atoms with Gasteiger partial charge in [-0.25, -0.2) is 0 Å². The summed E-state index contributed by atoms with van der Waals surface area (Å²) in [5.74, 6) is 1.27. The van der Waals surface area contributed by atoms with E-state index in [0.29, 0.717) is 12.5 Å². The van der Waals surface area contributed by atoms with Gasteiger partial charge in [-0.2, -0.15) is 0 Å². The molecule has 0 aliphatic carbocycles. The van der Waals surface area contributed by atoms with E-state index in [4.69, 9.17) is 4.74 Å². The Bertz CT molecular complexity index is 410. The van der Waals surface area contributed by atoms with Crippen molar-refractivity contribution >= 4 is 15.9 Å². The van der Waals surface area contributed by atoms with Crippen LogP contribution in [-0.2, 0) is 0 Å². The molecule has 0 aliphatic rings. The number of aliphatic hydroxyl groups excluding tert-OH is 1. The maximum absolute atomic E-state index is 10.4. The molecule has 1 aromatic rings. The van der Waals surface area contributed by atoms with Crippen molar-refractivity contribution in [2.75, 3.05) is 6.61 Å². The minimum atomic E-state index is -0.445. The summed E-state index contributed by atoms with van der Waals surface area (Å²) < 4.78 is 6.35. The van der Waals surface area contributed by atoms with E-state index in [1.54, 1.807) is 0 Å². The molecule has 1 rings (SSSR count). The van der Waals surface area contributed by atoms with Crippen LogP contribution in [0.1, 0.15) is 52.7 Å². The zero-order valence-corrected chi connectivity index (χ0v) is 14.1. The first-order chi connectivity index (χ1) is 8.75. The third-order valence-corrected chi connectivity index (χ3v) is 4.38. The highest BCUT2D eigenvalue weighted by molar-refractivity contribution is 9.10. The molecule has 0 saturated carbocycles. The zero-order valence-electron chi connectivity index (χ0n) is 12.5. The predicted octanol–water partition coefficient (Wildman–Crippen LogP) is 4.95. The second-order valence-corrected chi connectivity index (χ2v) is 6.99. The first kappa shape index (κ1) is 16.5. The SMILES string of the molecule is CCOc1ccc(C(O)CC(C)C(C)(C)C)c(Br)c1. The fourth-order valence-electron chi connectivity index (χ4n) is 1.85. The molecule has 1 N–H and O–H groups in total. The molecule has 2 nitrogen and oxygen atoms in total. The van der Waals surface area contributed by atoms with Crippen LogP contribution in [0.5, 0.6) is 5.75 Å². The summed E-state index contributed by atoms with van der Waals surface area (Å²) in [7, 11) is 0. The second kappa shape index (κ2) is 6.76. The summed E-state index contributed by atoms with van der Waals surface area (Å²) in [6, 6.07) is 5.77. The van der Waals surface area contributed by atoms with Crippen LogP contribution in [0.25, 0.3) is 0 Å². The molecular weight excluding hydrogens is 304 g/mol. The summed E-state index contributed by atoms with van der Waals surface area (Å²) in [6.07, 6.45) is 0.315. The molecule has 2 atom stereocenters. The van der Waals surface area contributed by atoms with Gasteiger partial charge in [0.2, 0.25) is 0 Å². The summed E-state index contributed by atoms with van der Waals surface area (Å²) in [5, 5.41) is 10.4. The van der Waals surface area contributed by atoms with Crippen LogP contribution >= 0.6 is 15.9 Å². The Balaban J connectivity index is 2.80. The van der Waals surface area contributed by atoms with E-state index >= 15 is 0 Å². The number of halogens is 1. The van der Waals surface area contributed by atoms with Crippen LogP contribution in [-0.4, -0.2) is 11.7 Å². The molecule has 0 amide bonds. The Morgan fingerprint density at radius 1 is 1.32 bits per heavy atom. The fourth-order valence-corrected chi connectivity index (χ4v) is 2.47. The largest absolute Gasteiger partial charge is 0.494 e. The molecule has 19 heavy (non-hydrogen) atoms. The number of aliphatic hydroxyl groups is 1. The molecule has 0 heterocycles. The van der Waals surface area contributed by atoms with Crippen LogP contribution in [0.2, 0.25) is 0 Å². The van der Waals surface area contributed by atoms with Crippen LogP contribution in [0.4, 0.5) is 0 Å². The van der Waals surface area contributed by atoms with Crippen molar-refractivity contribution in [2.24, 2.45) is 11.3 Å². The van der Waals surface area contributed by atoms with Gasteiger partial charge in [0.05, 0.1) is 12.7 Å². The van der Waals surface area contributed by atoms with Crippen LogP contribution in [0, 0.1) is 11.3 Å². The van der Waals surface area contributed by atoms with Gasteiger partial charge in [-0.05, 0) is 42.4 Å². The molecule has 0 fully saturated rings. The van der Waals surface area contributed by atoms with Gasteiger partial charge in [-0.15, -0.1) is 0 Å². The Morgan fingerprint density at radius 3 is 2.42 bits per heavy atom. The van der Waals surface area contributed by atoms with Gasteiger partial charge in [0.15, 0.2) is 0 Å². The number of benzene rings is 1. The lowest BCUT2D eigenvalue weighted by Crippen LogP contribution is -2.20. The van der Waals surface area contributed by atoms with E-state index in [-0.39, 0.29) is 5.41 Å². The number of hydrogen-bond acceptors (Lipinski definition) is 2. The second-order valence-electron chi connectivity index (χ2n) is 6.13. The van der Waals surface area contributed by atoms with E-state index in [1.165, 1.54) is 0 Å². The van der Waals surface area contributed by atoms with Crippen LogP contribution in [0.15, 0.2) is 22.7 Å². The monoisotopic (exact) mass is 328 g/mol. The molecule has 0 aliphatic heterocycles. The van der Waals surface area contributed by atoms with Gasteiger partial charge in [0.1, 0.15) is 5.75 Å². The Morgan fingerprint density at radius 2 is 1.95 bits per heavy atom. The average Bonchev–Trinajstić information content (AvgIpc) is 2.27. The zero-order chi connectivity index (χ0) is 14.6. The number of rotatable bonds is 5. The molecule has 108 valence electrons. The van der Waals surface area contributed by atoms with Crippen LogP contribution in [0.3, 0.4) is 0 Å². The Kier molecular flexibility index (Phi) is 5.87. The fraction of sp³-hybridized carbons (Fsp3) is 0.625. The van der Waals surface area contributed by atoms with Gasteiger partial charge in [0.25, 0.3) is 0 Å². The highest BCUT2D eigenvalue weighted by atomic mass is 79.9. The van der Waals surface area contributed by atoms with Gasteiger partial charge < -0.3 is 9.84 Å². The molecule has 2 unspecified atom stereocenters. The van der Waals surface area contributed by atoms with Crippen LogP contribution < -0.4 is 4.74 Å². The summed E-state index contributed by atoms with van der Waals surface area (Å²) >= 11 is 3.52. The molecule has 3 heteroatoms. The lowest BCUT2D eigenvalue weighted by atomic mass is 9.78. The lowest BCUT2D eigenvalue weighted by Gasteiger charge is -2.29. The van der Waals surface area contributed by atoms with Gasteiger partial charge in [0, 0.05) is 4.47 Å². The van der Waals surface area contributed by atoms with Crippen molar-refractivity contribution in [1.82, 2.24) is 0 Å². The number of ether oxygens (including phenoxy) is 1. The highest BCUT2D eigenvalue weighted by Crippen LogP contribution is 2.36. The third kappa shape index (κ3) is 4.81. The van der Waals surface area contributed by atoms with Crippen molar-refractivity contribution in [3.05, 3.63) is 28.2 Å². The topological polar surface area (TPSA) is 29.5 Å². The minimum Gasteiger partial charge on any atom is -0.494 e. The van der Waals surface area contributed by atoms with E-state index in [1.807, 2.05) is 25.1 Å².